The number of anilines is 1. The van der Waals surface area contributed by atoms with Crippen LogP contribution < -0.4 is 24.4 Å². The van der Waals surface area contributed by atoms with Crippen molar-refractivity contribution in [2.75, 3.05) is 44.8 Å². The van der Waals surface area contributed by atoms with Crippen LogP contribution in [0.4, 0.5) is 5.69 Å². The molecule has 32 heavy (non-hydrogen) atoms. The van der Waals surface area contributed by atoms with E-state index in [4.69, 9.17) is 14.2 Å². The molecule has 0 aliphatic carbocycles. The van der Waals surface area contributed by atoms with Crippen LogP contribution in [0.5, 0.6) is 17.2 Å². The first-order valence-electron chi connectivity index (χ1n) is 11.2. The molecule has 1 fully saturated rings. The molecule has 2 aliphatic heterocycles. The zero-order chi connectivity index (χ0) is 21.0. The highest BCUT2D eigenvalue weighted by molar-refractivity contribution is 5.90. The molecular formula is C26H31ClN2O3. The van der Waals surface area contributed by atoms with Gasteiger partial charge in [-0.2, -0.15) is 0 Å². The van der Waals surface area contributed by atoms with Crippen molar-refractivity contribution in [2.24, 2.45) is 5.92 Å². The minimum Gasteiger partial charge on any atom is -0.495 e. The molecule has 1 saturated heterocycles. The highest BCUT2D eigenvalue weighted by Gasteiger charge is 2.24. The van der Waals surface area contributed by atoms with Crippen molar-refractivity contribution in [3.8, 4) is 17.2 Å². The Balaban J connectivity index is 0.00000245. The van der Waals surface area contributed by atoms with Gasteiger partial charge < -0.3 is 24.4 Å². The standard InChI is InChI=1S/C26H30N2O3.ClH/c1-29-24-9-5-4-8-23(24)28-14-12-19(13-15-28)16-27-17-21-18-30-25-11-10-20-6-2-3-7-22(20)26(25)31-21;/h2-11,19,21,27H,12-18H2,1H3;1H. The molecule has 0 bridgehead atoms. The van der Waals surface area contributed by atoms with Crippen molar-refractivity contribution < 1.29 is 14.2 Å². The molecule has 1 unspecified atom stereocenters. The zero-order valence-electron chi connectivity index (χ0n) is 18.5. The number of methoxy groups -OCH3 is 1. The van der Waals surface area contributed by atoms with E-state index in [1.807, 2.05) is 24.3 Å². The van der Waals surface area contributed by atoms with E-state index in [1.54, 1.807) is 7.11 Å². The Labute approximate surface area is 196 Å². The first kappa shape index (κ1) is 22.6. The van der Waals surface area contributed by atoms with Gasteiger partial charge in [-0.05, 0) is 48.9 Å². The minimum absolute atomic E-state index is 0. The lowest BCUT2D eigenvalue weighted by Gasteiger charge is -2.35. The summed E-state index contributed by atoms with van der Waals surface area (Å²) < 4.78 is 17.8. The van der Waals surface area contributed by atoms with Crippen LogP contribution in [-0.4, -0.2) is 46.0 Å². The second kappa shape index (κ2) is 10.3. The largest absolute Gasteiger partial charge is 0.495 e. The Hall–Kier alpha value is -2.63. The fraction of sp³-hybridized carbons (Fsp3) is 0.385. The van der Waals surface area contributed by atoms with Gasteiger partial charge in [0.15, 0.2) is 11.5 Å². The fourth-order valence-electron chi connectivity index (χ4n) is 4.66. The van der Waals surface area contributed by atoms with Gasteiger partial charge in [0.1, 0.15) is 18.5 Å². The molecular weight excluding hydrogens is 424 g/mol. The van der Waals surface area contributed by atoms with Crippen LogP contribution >= 0.6 is 12.4 Å². The molecule has 5 nitrogen and oxygen atoms in total. The fourth-order valence-corrected chi connectivity index (χ4v) is 4.66. The number of hydrogen-bond acceptors (Lipinski definition) is 5. The van der Waals surface area contributed by atoms with Gasteiger partial charge in [0.2, 0.25) is 0 Å². The molecule has 5 rings (SSSR count). The van der Waals surface area contributed by atoms with Crippen molar-refractivity contribution in [2.45, 2.75) is 18.9 Å². The summed E-state index contributed by atoms with van der Waals surface area (Å²) in [4.78, 5) is 2.44. The molecule has 0 amide bonds. The van der Waals surface area contributed by atoms with E-state index < -0.39 is 0 Å². The average molecular weight is 455 g/mol. The SMILES string of the molecule is COc1ccccc1N1CCC(CNCC2COc3ccc4ccccc4c3O2)CC1.Cl. The van der Waals surface area contributed by atoms with Crippen LogP contribution in [0.25, 0.3) is 10.8 Å². The van der Waals surface area contributed by atoms with E-state index in [-0.39, 0.29) is 18.5 Å². The van der Waals surface area contributed by atoms with Crippen LogP contribution in [0.3, 0.4) is 0 Å². The zero-order valence-corrected chi connectivity index (χ0v) is 19.3. The van der Waals surface area contributed by atoms with Gasteiger partial charge in [-0.15, -0.1) is 12.4 Å². The van der Waals surface area contributed by atoms with E-state index in [0.717, 1.165) is 48.8 Å². The van der Waals surface area contributed by atoms with E-state index in [2.05, 4.69) is 46.6 Å². The number of ether oxygens (including phenoxy) is 3. The summed E-state index contributed by atoms with van der Waals surface area (Å²) in [6.07, 6.45) is 2.40. The summed E-state index contributed by atoms with van der Waals surface area (Å²) in [7, 11) is 1.74. The number of nitrogens with zero attached hydrogens (tertiary/aromatic N) is 1. The molecule has 170 valence electrons. The summed E-state index contributed by atoms with van der Waals surface area (Å²) in [5, 5.41) is 5.93. The molecule has 0 saturated carbocycles. The monoisotopic (exact) mass is 454 g/mol. The third-order valence-electron chi connectivity index (χ3n) is 6.40. The van der Waals surface area contributed by atoms with E-state index >= 15 is 0 Å². The molecule has 0 radical (unpaired) electrons. The van der Waals surface area contributed by atoms with Crippen molar-refractivity contribution >= 4 is 28.9 Å². The second-order valence-electron chi connectivity index (χ2n) is 8.43. The first-order valence-corrected chi connectivity index (χ1v) is 11.2. The summed E-state index contributed by atoms with van der Waals surface area (Å²) >= 11 is 0. The maximum atomic E-state index is 6.33. The van der Waals surface area contributed by atoms with Crippen LogP contribution in [0.15, 0.2) is 60.7 Å². The van der Waals surface area contributed by atoms with Gasteiger partial charge in [0.25, 0.3) is 0 Å². The summed E-state index contributed by atoms with van der Waals surface area (Å²) in [5.74, 6) is 3.37. The number of nitrogens with one attached hydrogen (secondary N) is 1. The number of piperidine rings is 1. The van der Waals surface area contributed by atoms with Crippen molar-refractivity contribution in [3.05, 3.63) is 60.7 Å². The normalized spacial score (nSPS) is 18.3. The van der Waals surface area contributed by atoms with E-state index in [1.165, 1.54) is 23.9 Å². The predicted octanol–water partition coefficient (Wildman–Crippen LogP) is 4.92. The number of fused-ring (bicyclic) bond motifs is 3. The average Bonchev–Trinajstić information content (AvgIpc) is 2.84. The number of benzene rings is 3. The highest BCUT2D eigenvalue weighted by Crippen LogP contribution is 2.38. The summed E-state index contributed by atoms with van der Waals surface area (Å²) in [5.41, 5.74) is 1.20. The molecule has 3 aromatic carbocycles. The molecule has 2 aliphatic rings. The van der Waals surface area contributed by atoms with E-state index in [9.17, 15) is 0 Å². The van der Waals surface area contributed by atoms with Gasteiger partial charge in [-0.3, -0.25) is 0 Å². The maximum Gasteiger partial charge on any atom is 0.169 e. The molecule has 3 aromatic rings. The maximum absolute atomic E-state index is 6.33. The highest BCUT2D eigenvalue weighted by atomic mass is 35.5. The quantitative estimate of drug-likeness (QED) is 0.572. The Kier molecular flexibility index (Phi) is 7.28. The van der Waals surface area contributed by atoms with Gasteiger partial charge in [0, 0.05) is 25.0 Å². The number of hydrogen-bond donors (Lipinski definition) is 1. The van der Waals surface area contributed by atoms with E-state index in [0.29, 0.717) is 12.5 Å². The first-order chi connectivity index (χ1) is 15.3. The lowest BCUT2D eigenvalue weighted by atomic mass is 9.96. The molecule has 1 N–H and O–H groups in total. The van der Waals surface area contributed by atoms with Gasteiger partial charge in [0.05, 0.1) is 12.8 Å². The Morgan fingerprint density at radius 1 is 0.969 bits per heavy atom. The molecule has 0 spiro atoms. The topological polar surface area (TPSA) is 43.0 Å². The Morgan fingerprint density at radius 3 is 2.59 bits per heavy atom. The van der Waals surface area contributed by atoms with Crippen LogP contribution in [0, 0.1) is 5.92 Å². The van der Waals surface area contributed by atoms with Crippen LogP contribution in [-0.2, 0) is 0 Å². The molecule has 6 heteroatoms. The van der Waals surface area contributed by atoms with Gasteiger partial charge in [-0.25, -0.2) is 0 Å². The third kappa shape index (κ3) is 4.74. The lowest BCUT2D eigenvalue weighted by molar-refractivity contribution is 0.0914. The Morgan fingerprint density at radius 2 is 1.75 bits per heavy atom. The Bertz CT molecular complexity index is 1040. The molecule has 2 heterocycles. The van der Waals surface area contributed by atoms with Crippen LogP contribution in [0.2, 0.25) is 0 Å². The van der Waals surface area contributed by atoms with Crippen molar-refractivity contribution in [3.63, 3.8) is 0 Å². The summed E-state index contributed by atoms with van der Waals surface area (Å²) in [6, 6.07) is 20.7. The summed E-state index contributed by atoms with van der Waals surface area (Å²) in [6.45, 7) is 4.53. The molecule has 1 atom stereocenters. The number of para-hydroxylation sites is 2. The smallest absolute Gasteiger partial charge is 0.169 e. The number of halogens is 1. The van der Waals surface area contributed by atoms with Gasteiger partial charge in [-0.1, -0.05) is 42.5 Å². The van der Waals surface area contributed by atoms with Gasteiger partial charge >= 0.3 is 0 Å². The van der Waals surface area contributed by atoms with Crippen LogP contribution in [0.1, 0.15) is 12.8 Å². The van der Waals surface area contributed by atoms with Crippen molar-refractivity contribution in [1.82, 2.24) is 5.32 Å². The minimum atomic E-state index is 0. The number of rotatable bonds is 6. The lowest BCUT2D eigenvalue weighted by Crippen LogP contribution is -2.42. The van der Waals surface area contributed by atoms with Crippen molar-refractivity contribution in [1.29, 1.82) is 0 Å². The second-order valence-corrected chi connectivity index (χ2v) is 8.43. The predicted molar refractivity (Wildman–Crippen MR) is 132 cm³/mol. The molecule has 0 aromatic heterocycles. The third-order valence-corrected chi connectivity index (χ3v) is 6.40.